The Morgan fingerprint density at radius 2 is 1.96 bits per heavy atom. The van der Waals surface area contributed by atoms with E-state index < -0.39 is 0 Å². The second-order valence-corrected chi connectivity index (χ2v) is 6.70. The maximum atomic E-state index is 12.1. The maximum absolute atomic E-state index is 12.1. The van der Waals surface area contributed by atoms with Gasteiger partial charge in [-0.15, -0.1) is 0 Å². The Hall–Kier alpha value is -1.70. The quantitative estimate of drug-likeness (QED) is 0.564. The Kier molecular flexibility index (Phi) is 8.11. The Bertz CT molecular complexity index is 559. The average molecular weight is 365 g/mol. The summed E-state index contributed by atoms with van der Waals surface area (Å²) in [5.74, 6) is -0.0798. The molecule has 6 nitrogen and oxygen atoms in total. The van der Waals surface area contributed by atoms with Crippen molar-refractivity contribution in [3.05, 3.63) is 29.8 Å². The summed E-state index contributed by atoms with van der Waals surface area (Å²) in [5, 5.41) is 6.69. The standard InChI is InChI=1S/C18H28N4O2S/c1-15-4-6-16(7-5-15)20-17(23)14-21(2)18(25)19-8-3-9-22-10-12-24-13-11-22/h4-7H,3,8-14H2,1-2H3,(H,19,25)(H,20,23). The molecule has 1 heterocycles. The summed E-state index contributed by atoms with van der Waals surface area (Å²) < 4.78 is 5.34. The molecule has 25 heavy (non-hydrogen) atoms. The van der Waals surface area contributed by atoms with Gasteiger partial charge in [0.2, 0.25) is 5.91 Å². The minimum absolute atomic E-state index is 0.0798. The summed E-state index contributed by atoms with van der Waals surface area (Å²) in [6.45, 7) is 7.74. The first kappa shape index (κ1) is 19.6. The largest absolute Gasteiger partial charge is 0.379 e. The van der Waals surface area contributed by atoms with Crippen molar-refractivity contribution in [1.82, 2.24) is 15.1 Å². The molecule has 1 aromatic rings. The second kappa shape index (κ2) is 10.3. The highest BCUT2D eigenvalue weighted by Gasteiger charge is 2.11. The number of carbonyl (C=O) groups excluding carboxylic acids is 1. The highest BCUT2D eigenvalue weighted by molar-refractivity contribution is 7.80. The number of likely N-dealkylation sites (N-methyl/N-ethyl adjacent to an activating group) is 1. The lowest BCUT2D eigenvalue weighted by Crippen LogP contribution is -2.42. The minimum atomic E-state index is -0.0798. The van der Waals surface area contributed by atoms with Crippen molar-refractivity contribution in [2.75, 3.05) is 58.3 Å². The lowest BCUT2D eigenvalue weighted by Gasteiger charge is -2.27. The van der Waals surface area contributed by atoms with Gasteiger partial charge in [-0.2, -0.15) is 0 Å². The van der Waals surface area contributed by atoms with Gasteiger partial charge in [0.25, 0.3) is 0 Å². The van der Waals surface area contributed by atoms with E-state index in [0.29, 0.717) is 5.11 Å². The van der Waals surface area contributed by atoms with Crippen LogP contribution in [0.5, 0.6) is 0 Å². The third-order valence-corrected chi connectivity index (χ3v) is 4.55. The molecule has 1 saturated heterocycles. The highest BCUT2D eigenvalue weighted by Crippen LogP contribution is 2.08. The van der Waals surface area contributed by atoms with Gasteiger partial charge in [0.1, 0.15) is 0 Å². The van der Waals surface area contributed by atoms with Crippen molar-refractivity contribution in [1.29, 1.82) is 0 Å². The van der Waals surface area contributed by atoms with E-state index in [2.05, 4.69) is 15.5 Å². The van der Waals surface area contributed by atoms with E-state index in [0.717, 1.165) is 57.1 Å². The molecule has 2 rings (SSSR count). The van der Waals surface area contributed by atoms with Crippen LogP contribution in [0.2, 0.25) is 0 Å². The van der Waals surface area contributed by atoms with Gasteiger partial charge in [0, 0.05) is 32.4 Å². The molecule has 0 saturated carbocycles. The summed E-state index contributed by atoms with van der Waals surface area (Å²) in [6.07, 6.45) is 1.02. The van der Waals surface area contributed by atoms with Crippen LogP contribution in [-0.4, -0.2) is 73.8 Å². The van der Waals surface area contributed by atoms with Crippen molar-refractivity contribution in [2.24, 2.45) is 0 Å². The molecule has 1 aliphatic heterocycles. The first-order valence-electron chi connectivity index (χ1n) is 8.70. The minimum Gasteiger partial charge on any atom is -0.379 e. The van der Waals surface area contributed by atoms with Gasteiger partial charge in [0.05, 0.1) is 19.8 Å². The van der Waals surface area contributed by atoms with Crippen molar-refractivity contribution in [3.8, 4) is 0 Å². The molecule has 1 aliphatic rings. The fourth-order valence-corrected chi connectivity index (χ4v) is 2.75. The van der Waals surface area contributed by atoms with Crippen molar-refractivity contribution >= 4 is 28.9 Å². The Balaban J connectivity index is 1.61. The molecule has 0 unspecified atom stereocenters. The van der Waals surface area contributed by atoms with Gasteiger partial charge in [0.15, 0.2) is 5.11 Å². The van der Waals surface area contributed by atoms with Crippen molar-refractivity contribution < 1.29 is 9.53 Å². The molecule has 0 aromatic heterocycles. The van der Waals surface area contributed by atoms with Crippen LogP contribution < -0.4 is 10.6 Å². The first-order valence-corrected chi connectivity index (χ1v) is 9.11. The fraction of sp³-hybridized carbons (Fsp3) is 0.556. The number of morpholine rings is 1. The SMILES string of the molecule is Cc1ccc(NC(=O)CN(C)C(=S)NCCCN2CCOCC2)cc1. The monoisotopic (exact) mass is 364 g/mol. The highest BCUT2D eigenvalue weighted by atomic mass is 32.1. The van der Waals surface area contributed by atoms with E-state index in [9.17, 15) is 4.79 Å². The number of amides is 1. The predicted octanol–water partition coefficient (Wildman–Crippen LogP) is 1.46. The number of ether oxygens (including phenoxy) is 1. The van der Waals surface area contributed by atoms with Gasteiger partial charge < -0.3 is 20.3 Å². The molecule has 1 aromatic carbocycles. The lowest BCUT2D eigenvalue weighted by atomic mass is 10.2. The Labute approximate surface area is 155 Å². The van der Waals surface area contributed by atoms with E-state index >= 15 is 0 Å². The fourth-order valence-electron chi connectivity index (χ4n) is 2.58. The maximum Gasteiger partial charge on any atom is 0.243 e. The molecule has 0 bridgehead atoms. The number of hydrogen-bond donors (Lipinski definition) is 2. The molecule has 0 atom stereocenters. The van der Waals surface area contributed by atoms with Gasteiger partial charge in [-0.25, -0.2) is 0 Å². The van der Waals surface area contributed by atoms with Crippen molar-refractivity contribution in [2.45, 2.75) is 13.3 Å². The molecule has 138 valence electrons. The molecule has 2 N–H and O–H groups in total. The van der Waals surface area contributed by atoms with Crippen LogP contribution >= 0.6 is 12.2 Å². The number of nitrogens with zero attached hydrogens (tertiary/aromatic N) is 2. The van der Waals surface area contributed by atoms with Crippen LogP contribution in [-0.2, 0) is 9.53 Å². The van der Waals surface area contributed by atoms with Gasteiger partial charge in [-0.1, -0.05) is 17.7 Å². The number of carbonyl (C=O) groups is 1. The van der Waals surface area contributed by atoms with E-state index in [-0.39, 0.29) is 12.5 Å². The van der Waals surface area contributed by atoms with E-state index in [4.69, 9.17) is 17.0 Å². The zero-order valence-corrected chi connectivity index (χ0v) is 15.9. The summed E-state index contributed by atoms with van der Waals surface area (Å²) in [7, 11) is 1.83. The molecule has 0 spiro atoms. The lowest BCUT2D eigenvalue weighted by molar-refractivity contribution is -0.116. The number of anilines is 1. The molecular formula is C18H28N4O2S. The zero-order valence-electron chi connectivity index (χ0n) is 15.1. The Morgan fingerprint density at radius 1 is 1.28 bits per heavy atom. The van der Waals surface area contributed by atoms with Crippen LogP contribution in [0.15, 0.2) is 24.3 Å². The molecule has 1 amide bonds. The van der Waals surface area contributed by atoms with Crippen LogP contribution in [0.4, 0.5) is 5.69 Å². The van der Waals surface area contributed by atoms with E-state index in [1.165, 1.54) is 0 Å². The topological polar surface area (TPSA) is 56.8 Å². The summed E-state index contributed by atoms with van der Waals surface area (Å²) in [6, 6.07) is 7.74. The van der Waals surface area contributed by atoms with Gasteiger partial charge >= 0.3 is 0 Å². The average Bonchev–Trinajstić information content (AvgIpc) is 2.61. The van der Waals surface area contributed by atoms with Crippen molar-refractivity contribution in [3.63, 3.8) is 0 Å². The second-order valence-electron chi connectivity index (χ2n) is 6.31. The van der Waals surface area contributed by atoms with E-state index in [1.54, 1.807) is 4.90 Å². The number of nitrogens with one attached hydrogen (secondary N) is 2. The smallest absolute Gasteiger partial charge is 0.243 e. The molecule has 1 fully saturated rings. The number of thiocarbonyl (C=S) groups is 1. The Morgan fingerprint density at radius 3 is 2.64 bits per heavy atom. The molecule has 0 radical (unpaired) electrons. The number of aryl methyl sites for hydroxylation is 1. The molecular weight excluding hydrogens is 336 g/mol. The predicted molar refractivity (Wildman–Crippen MR) is 105 cm³/mol. The molecule has 0 aliphatic carbocycles. The third kappa shape index (κ3) is 7.37. The third-order valence-electron chi connectivity index (χ3n) is 4.09. The summed E-state index contributed by atoms with van der Waals surface area (Å²) in [5.41, 5.74) is 1.96. The number of hydrogen-bond acceptors (Lipinski definition) is 4. The number of benzene rings is 1. The van der Waals surface area contributed by atoms with Crippen LogP contribution in [0.25, 0.3) is 0 Å². The summed E-state index contributed by atoms with van der Waals surface area (Å²) in [4.78, 5) is 16.2. The molecule has 7 heteroatoms. The zero-order chi connectivity index (χ0) is 18.1. The number of rotatable bonds is 7. The van der Waals surface area contributed by atoms with Gasteiger partial charge in [-0.05, 0) is 44.2 Å². The normalized spacial score (nSPS) is 14.8. The van der Waals surface area contributed by atoms with Gasteiger partial charge in [-0.3, -0.25) is 9.69 Å². The van der Waals surface area contributed by atoms with Crippen LogP contribution in [0.1, 0.15) is 12.0 Å². The first-order chi connectivity index (χ1) is 12.0. The van der Waals surface area contributed by atoms with Crippen LogP contribution in [0, 0.1) is 6.92 Å². The van der Waals surface area contributed by atoms with Crippen LogP contribution in [0.3, 0.4) is 0 Å². The summed E-state index contributed by atoms with van der Waals surface area (Å²) >= 11 is 5.35. The van der Waals surface area contributed by atoms with E-state index in [1.807, 2.05) is 38.2 Å².